The predicted molar refractivity (Wildman–Crippen MR) is 72.2 cm³/mol. The first-order valence-electron chi connectivity index (χ1n) is 6.24. The Morgan fingerprint density at radius 3 is 2.65 bits per heavy atom. The molecule has 0 bridgehead atoms. The minimum atomic E-state index is -0.400. The van der Waals surface area contributed by atoms with Crippen molar-refractivity contribution in [3.8, 4) is 5.75 Å². The normalized spacial score (nSPS) is 19.0. The average Bonchev–Trinajstić information content (AvgIpc) is 2.39. The molecule has 1 aliphatic carbocycles. The molecule has 17 heavy (non-hydrogen) atoms. The van der Waals surface area contributed by atoms with Gasteiger partial charge in [-0.2, -0.15) is 0 Å². The van der Waals surface area contributed by atoms with Crippen molar-refractivity contribution in [3.05, 3.63) is 28.2 Å². The van der Waals surface area contributed by atoms with Gasteiger partial charge in [0, 0.05) is 10.0 Å². The predicted octanol–water partition coefficient (Wildman–Crippen LogP) is 4.07. The van der Waals surface area contributed by atoms with Crippen LogP contribution >= 0.6 is 15.9 Å². The zero-order valence-corrected chi connectivity index (χ0v) is 11.7. The molecule has 2 rings (SSSR count). The molecule has 94 valence electrons. The number of hydrogen-bond acceptors (Lipinski definition) is 2. The van der Waals surface area contributed by atoms with Gasteiger partial charge in [-0.1, -0.05) is 35.2 Å². The Bertz CT molecular complexity index is 372. The minimum absolute atomic E-state index is 0.381. The summed E-state index contributed by atoms with van der Waals surface area (Å²) in [5, 5.41) is 10.5. The fourth-order valence-corrected chi connectivity index (χ4v) is 3.02. The Morgan fingerprint density at radius 2 is 2.00 bits per heavy atom. The zero-order valence-electron chi connectivity index (χ0n) is 10.2. The maximum atomic E-state index is 10.5. The molecule has 0 spiro atoms. The van der Waals surface area contributed by atoms with E-state index in [-0.39, 0.29) is 0 Å². The second kappa shape index (κ2) is 5.87. The highest BCUT2D eigenvalue weighted by Crippen LogP contribution is 2.38. The summed E-state index contributed by atoms with van der Waals surface area (Å²) in [4.78, 5) is 0. The summed E-state index contributed by atoms with van der Waals surface area (Å²) in [6, 6.07) is 5.82. The number of halogens is 1. The summed E-state index contributed by atoms with van der Waals surface area (Å²) >= 11 is 3.45. The van der Waals surface area contributed by atoms with Crippen LogP contribution in [0.1, 0.15) is 43.8 Å². The molecule has 0 radical (unpaired) electrons. The molecule has 1 aliphatic rings. The lowest BCUT2D eigenvalue weighted by molar-refractivity contribution is 0.0824. The van der Waals surface area contributed by atoms with E-state index >= 15 is 0 Å². The Kier molecular flexibility index (Phi) is 4.46. The summed E-state index contributed by atoms with van der Waals surface area (Å²) in [6.07, 6.45) is 5.62. The number of hydrogen-bond donors (Lipinski definition) is 1. The van der Waals surface area contributed by atoms with Crippen LogP contribution in [0.3, 0.4) is 0 Å². The molecule has 1 fully saturated rings. The van der Waals surface area contributed by atoms with E-state index in [1.165, 1.54) is 19.3 Å². The van der Waals surface area contributed by atoms with Gasteiger partial charge < -0.3 is 9.84 Å². The fraction of sp³-hybridized carbons (Fsp3) is 0.571. The molecule has 1 saturated carbocycles. The summed E-state index contributed by atoms with van der Waals surface area (Å²) in [5.74, 6) is 1.17. The number of rotatable bonds is 3. The molecular formula is C14H19BrO2. The van der Waals surface area contributed by atoms with Crippen molar-refractivity contribution in [2.75, 3.05) is 7.11 Å². The van der Waals surface area contributed by atoms with Gasteiger partial charge in [0.15, 0.2) is 0 Å². The molecule has 0 saturated heterocycles. The van der Waals surface area contributed by atoms with Gasteiger partial charge in [-0.3, -0.25) is 0 Å². The standard InChI is InChI=1S/C14H19BrO2/c1-17-13-8-7-11(15)9-12(13)14(16)10-5-3-2-4-6-10/h7-10,14,16H,2-6H2,1H3. The monoisotopic (exact) mass is 298 g/mol. The Balaban J connectivity index is 2.21. The van der Waals surface area contributed by atoms with Gasteiger partial charge >= 0.3 is 0 Å². The second-order valence-electron chi connectivity index (χ2n) is 4.73. The number of aliphatic hydroxyl groups excluding tert-OH is 1. The maximum absolute atomic E-state index is 10.5. The average molecular weight is 299 g/mol. The molecule has 2 nitrogen and oxygen atoms in total. The van der Waals surface area contributed by atoms with Gasteiger partial charge in [0.2, 0.25) is 0 Å². The first-order valence-corrected chi connectivity index (χ1v) is 7.03. The molecule has 3 heteroatoms. The van der Waals surface area contributed by atoms with Gasteiger partial charge in [0.1, 0.15) is 5.75 Å². The molecule has 0 heterocycles. The third-order valence-electron chi connectivity index (χ3n) is 3.61. The molecule has 1 unspecified atom stereocenters. The van der Waals surface area contributed by atoms with Crippen LogP contribution in [0.15, 0.2) is 22.7 Å². The van der Waals surface area contributed by atoms with Crippen LogP contribution in [-0.2, 0) is 0 Å². The van der Waals surface area contributed by atoms with Crippen LogP contribution in [0.5, 0.6) is 5.75 Å². The van der Waals surface area contributed by atoms with E-state index in [2.05, 4.69) is 15.9 Å². The van der Waals surface area contributed by atoms with E-state index in [0.29, 0.717) is 5.92 Å². The molecule has 0 aromatic heterocycles. The fourth-order valence-electron chi connectivity index (χ4n) is 2.64. The van der Waals surface area contributed by atoms with Crippen LogP contribution in [-0.4, -0.2) is 12.2 Å². The van der Waals surface area contributed by atoms with Crippen molar-refractivity contribution in [2.45, 2.75) is 38.2 Å². The first-order chi connectivity index (χ1) is 8.22. The van der Waals surface area contributed by atoms with E-state index in [9.17, 15) is 5.11 Å². The van der Waals surface area contributed by atoms with E-state index in [1.807, 2.05) is 18.2 Å². The third kappa shape index (κ3) is 3.02. The van der Waals surface area contributed by atoms with Crippen molar-refractivity contribution in [3.63, 3.8) is 0 Å². The van der Waals surface area contributed by atoms with Gasteiger partial charge in [-0.15, -0.1) is 0 Å². The zero-order chi connectivity index (χ0) is 12.3. The molecule has 1 atom stereocenters. The Hall–Kier alpha value is -0.540. The van der Waals surface area contributed by atoms with Crippen molar-refractivity contribution in [1.82, 2.24) is 0 Å². The number of ether oxygens (including phenoxy) is 1. The van der Waals surface area contributed by atoms with E-state index < -0.39 is 6.10 Å². The van der Waals surface area contributed by atoms with Gasteiger partial charge in [-0.05, 0) is 37.0 Å². The van der Waals surface area contributed by atoms with Gasteiger partial charge in [0.25, 0.3) is 0 Å². The lowest BCUT2D eigenvalue weighted by Crippen LogP contribution is -2.16. The van der Waals surface area contributed by atoms with Crippen molar-refractivity contribution < 1.29 is 9.84 Å². The Morgan fingerprint density at radius 1 is 1.29 bits per heavy atom. The van der Waals surface area contributed by atoms with Gasteiger partial charge in [0.05, 0.1) is 13.2 Å². The lowest BCUT2D eigenvalue weighted by atomic mass is 9.82. The quantitative estimate of drug-likeness (QED) is 0.911. The second-order valence-corrected chi connectivity index (χ2v) is 5.64. The lowest BCUT2D eigenvalue weighted by Gasteiger charge is -2.27. The molecule has 1 aromatic carbocycles. The molecule has 0 aliphatic heterocycles. The van der Waals surface area contributed by atoms with E-state index in [4.69, 9.17) is 4.74 Å². The summed E-state index contributed by atoms with van der Waals surface area (Å²) in [6.45, 7) is 0. The molecular weight excluding hydrogens is 280 g/mol. The van der Waals surface area contributed by atoms with E-state index in [0.717, 1.165) is 28.6 Å². The highest BCUT2D eigenvalue weighted by atomic mass is 79.9. The molecule has 1 N–H and O–H groups in total. The first kappa shape index (κ1) is 12.9. The van der Waals surface area contributed by atoms with Gasteiger partial charge in [-0.25, -0.2) is 0 Å². The largest absolute Gasteiger partial charge is 0.496 e. The van der Waals surface area contributed by atoms with Crippen LogP contribution in [0.25, 0.3) is 0 Å². The van der Waals surface area contributed by atoms with Crippen molar-refractivity contribution in [1.29, 1.82) is 0 Å². The summed E-state index contributed by atoms with van der Waals surface area (Å²) in [7, 11) is 1.65. The molecule has 0 amide bonds. The van der Waals surface area contributed by atoms with Crippen LogP contribution < -0.4 is 4.74 Å². The molecule has 1 aromatic rings. The van der Waals surface area contributed by atoms with Crippen LogP contribution in [0.4, 0.5) is 0 Å². The smallest absolute Gasteiger partial charge is 0.124 e. The SMILES string of the molecule is COc1ccc(Br)cc1C(O)C1CCCCC1. The number of methoxy groups -OCH3 is 1. The number of aliphatic hydroxyl groups is 1. The van der Waals surface area contributed by atoms with Crippen molar-refractivity contribution in [2.24, 2.45) is 5.92 Å². The third-order valence-corrected chi connectivity index (χ3v) is 4.10. The Labute approximate surface area is 111 Å². The number of benzene rings is 1. The maximum Gasteiger partial charge on any atom is 0.124 e. The van der Waals surface area contributed by atoms with Crippen LogP contribution in [0.2, 0.25) is 0 Å². The van der Waals surface area contributed by atoms with Crippen LogP contribution in [0, 0.1) is 5.92 Å². The topological polar surface area (TPSA) is 29.5 Å². The summed E-state index contributed by atoms with van der Waals surface area (Å²) < 4.78 is 6.32. The minimum Gasteiger partial charge on any atom is -0.496 e. The summed E-state index contributed by atoms with van der Waals surface area (Å²) in [5.41, 5.74) is 0.911. The van der Waals surface area contributed by atoms with Crippen molar-refractivity contribution >= 4 is 15.9 Å². The van der Waals surface area contributed by atoms with E-state index in [1.54, 1.807) is 7.11 Å². The highest BCUT2D eigenvalue weighted by Gasteiger charge is 2.25. The highest BCUT2D eigenvalue weighted by molar-refractivity contribution is 9.10.